The Hall–Kier alpha value is -3.66. The molecule has 1 saturated heterocycles. The van der Waals surface area contributed by atoms with E-state index in [-0.39, 0.29) is 17.5 Å². The van der Waals surface area contributed by atoms with Gasteiger partial charge in [-0.05, 0) is 88.2 Å². The molecule has 0 unspecified atom stereocenters. The van der Waals surface area contributed by atoms with Crippen LogP contribution in [-0.2, 0) is 15.7 Å². The molecule has 2 aliphatic rings. The SMILES string of the molecule is Cc1cc(C(=O)NC2CCN(CCCCC3(C(=O)NCC(F)(F)F)c4ccccc4-c4ccccc43)CC2)n(C(C)(C)C)n1. The number of carbonyl (C=O) groups is 2. The van der Waals surface area contributed by atoms with Gasteiger partial charge in [-0.3, -0.25) is 14.3 Å². The molecule has 1 fully saturated rings. The molecule has 44 heavy (non-hydrogen) atoms. The van der Waals surface area contributed by atoms with Crippen molar-refractivity contribution in [2.45, 2.75) is 83.0 Å². The van der Waals surface area contributed by atoms with Crippen LogP contribution in [0.4, 0.5) is 13.2 Å². The van der Waals surface area contributed by atoms with Crippen molar-refractivity contribution in [3.05, 3.63) is 77.1 Å². The van der Waals surface area contributed by atoms with Gasteiger partial charge in [-0.2, -0.15) is 18.3 Å². The molecule has 2 amide bonds. The number of alkyl halides is 3. The highest BCUT2D eigenvalue weighted by Gasteiger charge is 2.49. The van der Waals surface area contributed by atoms with Crippen LogP contribution in [0, 0.1) is 6.92 Å². The summed E-state index contributed by atoms with van der Waals surface area (Å²) >= 11 is 0. The second-order valence-electron chi connectivity index (χ2n) is 13.1. The minimum atomic E-state index is -4.49. The van der Waals surface area contributed by atoms with Crippen LogP contribution in [0.5, 0.6) is 0 Å². The predicted octanol–water partition coefficient (Wildman–Crippen LogP) is 5.96. The Morgan fingerprint density at radius 3 is 2.11 bits per heavy atom. The summed E-state index contributed by atoms with van der Waals surface area (Å²) in [5, 5.41) is 9.91. The minimum Gasteiger partial charge on any atom is -0.348 e. The quantitative estimate of drug-likeness (QED) is 0.294. The Kier molecular flexibility index (Phi) is 8.94. The van der Waals surface area contributed by atoms with Crippen LogP contribution < -0.4 is 10.6 Å². The fourth-order valence-corrected chi connectivity index (χ4v) is 6.74. The van der Waals surface area contributed by atoms with E-state index in [2.05, 4.69) is 20.6 Å². The Bertz CT molecular complexity index is 1450. The molecule has 1 aromatic heterocycles. The normalized spacial score (nSPS) is 16.8. The first kappa shape index (κ1) is 31.8. The lowest BCUT2D eigenvalue weighted by atomic mass is 9.73. The number of benzene rings is 2. The second-order valence-corrected chi connectivity index (χ2v) is 13.1. The predicted molar refractivity (Wildman–Crippen MR) is 164 cm³/mol. The topological polar surface area (TPSA) is 79.3 Å². The van der Waals surface area contributed by atoms with Crippen LogP contribution in [0.3, 0.4) is 0 Å². The number of unbranched alkanes of at least 4 members (excludes halogenated alkanes) is 1. The fraction of sp³-hybridized carbons (Fsp3) is 0.500. The van der Waals surface area contributed by atoms with E-state index in [4.69, 9.17) is 0 Å². The lowest BCUT2D eigenvalue weighted by Crippen LogP contribution is -2.47. The number of aromatic nitrogens is 2. The molecule has 10 heteroatoms. The molecular formula is C34H42F3N5O2. The Balaban J connectivity index is 1.20. The lowest BCUT2D eigenvalue weighted by molar-refractivity contribution is -0.141. The van der Waals surface area contributed by atoms with Crippen LogP contribution in [0.2, 0.25) is 0 Å². The standard InChI is InChI=1S/C34H42F3N5O2/c1-23-21-29(42(40-23)32(2,3)4)30(43)39-24-15-19-41(20-16-24)18-10-9-17-33(31(44)38-22-34(35,36)37)27-13-7-5-11-25(27)26-12-6-8-14-28(26)33/h5-8,11-14,21,24H,9-10,15-20,22H2,1-4H3,(H,38,44)(H,39,43). The maximum absolute atomic E-state index is 13.7. The number of hydrogen-bond acceptors (Lipinski definition) is 4. The number of hydrogen-bond donors (Lipinski definition) is 2. The molecule has 0 radical (unpaired) electrons. The summed E-state index contributed by atoms with van der Waals surface area (Å²) in [6.07, 6.45) is -0.933. The number of nitrogens with zero attached hydrogens (tertiary/aromatic N) is 3. The van der Waals surface area contributed by atoms with E-state index in [9.17, 15) is 22.8 Å². The van der Waals surface area contributed by atoms with Crippen molar-refractivity contribution in [3.63, 3.8) is 0 Å². The molecule has 0 spiro atoms. The van der Waals surface area contributed by atoms with Crippen molar-refractivity contribution >= 4 is 11.8 Å². The molecule has 2 N–H and O–H groups in total. The number of rotatable bonds is 9. The van der Waals surface area contributed by atoms with Crippen molar-refractivity contribution in [1.29, 1.82) is 0 Å². The first-order chi connectivity index (χ1) is 20.8. The summed E-state index contributed by atoms with van der Waals surface area (Å²) in [4.78, 5) is 29.1. The van der Waals surface area contributed by atoms with Gasteiger partial charge in [-0.15, -0.1) is 0 Å². The Morgan fingerprint density at radius 2 is 1.55 bits per heavy atom. The highest BCUT2D eigenvalue weighted by Crippen LogP contribution is 2.51. The summed E-state index contributed by atoms with van der Waals surface area (Å²) < 4.78 is 41.2. The smallest absolute Gasteiger partial charge is 0.348 e. The van der Waals surface area contributed by atoms with E-state index in [1.54, 1.807) is 4.68 Å². The number of aryl methyl sites for hydroxylation is 1. The van der Waals surface area contributed by atoms with Crippen LogP contribution in [0.15, 0.2) is 54.6 Å². The van der Waals surface area contributed by atoms with Gasteiger partial charge in [-0.25, -0.2) is 0 Å². The van der Waals surface area contributed by atoms with Gasteiger partial charge in [0, 0.05) is 19.1 Å². The summed E-state index contributed by atoms with van der Waals surface area (Å²) in [5.41, 5.74) is 3.23. The van der Waals surface area contributed by atoms with E-state index >= 15 is 0 Å². The van der Waals surface area contributed by atoms with Crippen LogP contribution in [-0.4, -0.2) is 64.9 Å². The van der Waals surface area contributed by atoms with Gasteiger partial charge < -0.3 is 15.5 Å². The van der Waals surface area contributed by atoms with E-state index in [1.807, 2.05) is 82.3 Å². The van der Waals surface area contributed by atoms with Gasteiger partial charge in [0.25, 0.3) is 5.91 Å². The average molecular weight is 610 g/mol. The molecule has 0 atom stereocenters. The number of piperidine rings is 1. The van der Waals surface area contributed by atoms with E-state index < -0.39 is 24.0 Å². The minimum absolute atomic E-state index is 0.0782. The molecule has 236 valence electrons. The number of carbonyl (C=O) groups excluding carboxylic acids is 2. The molecule has 1 aliphatic heterocycles. The molecule has 5 rings (SSSR count). The molecule has 7 nitrogen and oxygen atoms in total. The van der Waals surface area contributed by atoms with Gasteiger partial charge in [0.2, 0.25) is 5.91 Å². The van der Waals surface area contributed by atoms with E-state index in [1.165, 1.54) is 0 Å². The molecule has 0 bridgehead atoms. The van der Waals surface area contributed by atoms with Gasteiger partial charge in [0.1, 0.15) is 17.7 Å². The monoisotopic (exact) mass is 609 g/mol. The zero-order chi connectivity index (χ0) is 31.7. The van der Waals surface area contributed by atoms with Gasteiger partial charge in [-0.1, -0.05) is 55.0 Å². The second kappa shape index (κ2) is 12.4. The number of likely N-dealkylation sites (tertiary alicyclic amines) is 1. The maximum atomic E-state index is 13.7. The zero-order valence-electron chi connectivity index (χ0n) is 25.9. The number of nitrogens with one attached hydrogen (secondary N) is 2. The summed E-state index contributed by atoms with van der Waals surface area (Å²) in [6.45, 7) is 9.10. The number of amides is 2. The molecule has 0 saturated carbocycles. The third-order valence-corrected chi connectivity index (χ3v) is 8.80. The third kappa shape index (κ3) is 6.55. The van der Waals surface area contributed by atoms with Gasteiger partial charge in [0.15, 0.2) is 0 Å². The van der Waals surface area contributed by atoms with Crippen molar-refractivity contribution in [3.8, 4) is 11.1 Å². The molecule has 1 aliphatic carbocycles. The number of fused-ring (bicyclic) bond motifs is 3. The molecule has 2 heterocycles. The van der Waals surface area contributed by atoms with Crippen molar-refractivity contribution in [1.82, 2.24) is 25.3 Å². The lowest BCUT2D eigenvalue weighted by Gasteiger charge is -2.33. The zero-order valence-corrected chi connectivity index (χ0v) is 25.9. The van der Waals surface area contributed by atoms with Crippen LogP contribution in [0.1, 0.15) is 80.2 Å². The molecule has 3 aromatic rings. The summed E-state index contributed by atoms with van der Waals surface area (Å²) in [7, 11) is 0. The highest BCUT2D eigenvalue weighted by atomic mass is 19.4. The first-order valence-corrected chi connectivity index (χ1v) is 15.4. The largest absolute Gasteiger partial charge is 0.405 e. The first-order valence-electron chi connectivity index (χ1n) is 15.4. The molecular weight excluding hydrogens is 567 g/mol. The third-order valence-electron chi connectivity index (χ3n) is 8.80. The summed E-state index contributed by atoms with van der Waals surface area (Å²) in [6, 6.07) is 17.0. The van der Waals surface area contributed by atoms with Crippen molar-refractivity contribution < 1.29 is 22.8 Å². The van der Waals surface area contributed by atoms with Gasteiger partial charge in [0.05, 0.1) is 11.2 Å². The Morgan fingerprint density at radius 1 is 0.955 bits per heavy atom. The van der Waals surface area contributed by atoms with E-state index in [0.717, 1.165) is 66.8 Å². The highest BCUT2D eigenvalue weighted by molar-refractivity contribution is 6.00. The number of halogens is 3. The summed E-state index contributed by atoms with van der Waals surface area (Å²) in [5.74, 6) is -0.711. The van der Waals surface area contributed by atoms with Crippen molar-refractivity contribution in [2.24, 2.45) is 0 Å². The maximum Gasteiger partial charge on any atom is 0.405 e. The van der Waals surface area contributed by atoms with Crippen LogP contribution in [0.25, 0.3) is 11.1 Å². The molecule has 2 aromatic carbocycles. The fourth-order valence-electron chi connectivity index (χ4n) is 6.74. The van der Waals surface area contributed by atoms with E-state index in [0.29, 0.717) is 18.5 Å². The van der Waals surface area contributed by atoms with Gasteiger partial charge >= 0.3 is 6.18 Å². The van der Waals surface area contributed by atoms with Crippen molar-refractivity contribution in [2.75, 3.05) is 26.2 Å². The Labute approximate surface area is 257 Å². The average Bonchev–Trinajstić information content (AvgIpc) is 3.52. The van der Waals surface area contributed by atoms with Crippen LogP contribution >= 0.6 is 0 Å².